The fourth-order valence-corrected chi connectivity index (χ4v) is 3.35. The zero-order valence-corrected chi connectivity index (χ0v) is 12.4. The molecule has 0 aromatic carbocycles. The summed E-state index contributed by atoms with van der Waals surface area (Å²) in [5, 5.41) is 3.63. The van der Waals surface area contributed by atoms with Crippen LogP contribution >= 0.6 is 11.8 Å². The zero-order chi connectivity index (χ0) is 13.2. The summed E-state index contributed by atoms with van der Waals surface area (Å²) in [4.78, 5) is 13.5. The molecule has 0 spiro atoms. The van der Waals surface area contributed by atoms with E-state index >= 15 is 0 Å². The molecule has 0 saturated carbocycles. The Morgan fingerprint density at radius 1 is 1.33 bits per heavy atom. The van der Waals surface area contributed by atoms with Crippen molar-refractivity contribution in [3.8, 4) is 0 Å². The maximum atomic E-state index is 11.8. The highest BCUT2D eigenvalue weighted by molar-refractivity contribution is 7.99. The van der Waals surface area contributed by atoms with Crippen molar-refractivity contribution in [2.75, 3.05) is 24.6 Å². The Hall–Kier alpha value is -0.420. The van der Waals surface area contributed by atoms with E-state index in [0.717, 1.165) is 13.1 Å². The summed E-state index contributed by atoms with van der Waals surface area (Å²) in [5.41, 5.74) is -0.393. The van der Waals surface area contributed by atoms with Gasteiger partial charge in [0.1, 0.15) is 5.60 Å². The number of rotatable bonds is 2. The Labute approximate surface area is 114 Å². The second-order valence-corrected chi connectivity index (χ2v) is 7.31. The molecule has 0 radical (unpaired) electrons. The molecule has 2 heterocycles. The Bertz CT molecular complexity index is 292. The third kappa shape index (κ3) is 4.05. The summed E-state index contributed by atoms with van der Waals surface area (Å²) in [6, 6.07) is 1.09. The molecular weight excluding hydrogens is 248 g/mol. The second-order valence-electron chi connectivity index (χ2n) is 6.16. The average molecular weight is 272 g/mol. The third-order valence-electron chi connectivity index (χ3n) is 3.16. The van der Waals surface area contributed by atoms with Gasteiger partial charge in [-0.1, -0.05) is 0 Å². The average Bonchev–Trinajstić information content (AvgIpc) is 2.21. The number of hydrogen-bond donors (Lipinski definition) is 1. The van der Waals surface area contributed by atoms with E-state index < -0.39 is 5.60 Å². The van der Waals surface area contributed by atoms with Gasteiger partial charge in [-0.2, -0.15) is 11.8 Å². The number of nitrogens with one attached hydrogen (secondary N) is 1. The molecule has 104 valence electrons. The smallest absolute Gasteiger partial charge is 0.410 e. The Balaban J connectivity index is 1.65. The number of thioether (sulfide) groups is 1. The topological polar surface area (TPSA) is 41.6 Å². The fraction of sp³-hybridized carbons (Fsp3) is 0.923. The first-order chi connectivity index (χ1) is 8.44. The fourth-order valence-electron chi connectivity index (χ4n) is 2.27. The number of ether oxygens (including phenoxy) is 1. The van der Waals surface area contributed by atoms with Crippen LogP contribution in [0.15, 0.2) is 0 Å². The van der Waals surface area contributed by atoms with Crippen LogP contribution in [0.5, 0.6) is 0 Å². The first-order valence-electron chi connectivity index (χ1n) is 6.76. The van der Waals surface area contributed by atoms with E-state index in [-0.39, 0.29) is 6.09 Å². The molecule has 1 unspecified atom stereocenters. The van der Waals surface area contributed by atoms with Gasteiger partial charge >= 0.3 is 6.09 Å². The van der Waals surface area contributed by atoms with E-state index in [1.54, 1.807) is 4.90 Å². The standard InChI is InChI=1S/C13H24N2O2S/c1-13(2,3)17-12(16)15-7-11(8-15)14-10-5-4-6-18-9-10/h10-11,14H,4-9H2,1-3H3. The molecule has 18 heavy (non-hydrogen) atoms. The minimum atomic E-state index is -0.393. The Kier molecular flexibility index (Phi) is 4.43. The molecule has 2 fully saturated rings. The molecule has 1 N–H and O–H groups in total. The lowest BCUT2D eigenvalue weighted by Gasteiger charge is -2.42. The molecule has 2 aliphatic heterocycles. The van der Waals surface area contributed by atoms with E-state index in [1.807, 2.05) is 32.5 Å². The van der Waals surface area contributed by atoms with Crippen LogP contribution in [-0.4, -0.2) is 53.3 Å². The Morgan fingerprint density at radius 2 is 2.06 bits per heavy atom. The summed E-state index contributed by atoms with van der Waals surface area (Å²) in [6.07, 6.45) is 2.40. The van der Waals surface area contributed by atoms with Crippen LogP contribution in [0.1, 0.15) is 33.6 Å². The molecule has 0 aromatic rings. The molecule has 5 heteroatoms. The van der Waals surface area contributed by atoms with Gasteiger partial charge in [0, 0.05) is 30.9 Å². The third-order valence-corrected chi connectivity index (χ3v) is 4.38. The highest BCUT2D eigenvalue weighted by Gasteiger charge is 2.34. The first kappa shape index (κ1) is 14.0. The number of amides is 1. The van der Waals surface area contributed by atoms with Gasteiger partial charge in [0.2, 0.25) is 0 Å². The number of hydrogen-bond acceptors (Lipinski definition) is 4. The summed E-state index contributed by atoms with van der Waals surface area (Å²) in [5.74, 6) is 2.51. The predicted octanol–water partition coefficient (Wildman–Crippen LogP) is 2.09. The van der Waals surface area contributed by atoms with Crippen LogP contribution in [0.3, 0.4) is 0 Å². The largest absolute Gasteiger partial charge is 0.444 e. The van der Waals surface area contributed by atoms with Gasteiger partial charge in [-0.15, -0.1) is 0 Å². The van der Waals surface area contributed by atoms with Gasteiger partial charge in [0.05, 0.1) is 0 Å². The van der Waals surface area contributed by atoms with E-state index in [4.69, 9.17) is 4.74 Å². The number of nitrogens with zero attached hydrogens (tertiary/aromatic N) is 1. The molecule has 0 aromatic heterocycles. The van der Waals surface area contributed by atoms with Gasteiger partial charge in [-0.05, 0) is 39.4 Å². The van der Waals surface area contributed by atoms with Crippen molar-refractivity contribution < 1.29 is 9.53 Å². The van der Waals surface area contributed by atoms with Gasteiger partial charge in [-0.25, -0.2) is 4.79 Å². The molecule has 0 bridgehead atoms. The van der Waals surface area contributed by atoms with E-state index in [9.17, 15) is 4.79 Å². The molecule has 1 amide bonds. The lowest BCUT2D eigenvalue weighted by molar-refractivity contribution is 0.00429. The Morgan fingerprint density at radius 3 is 2.61 bits per heavy atom. The summed E-state index contributed by atoms with van der Waals surface area (Å²) in [7, 11) is 0. The minimum Gasteiger partial charge on any atom is -0.444 e. The highest BCUT2D eigenvalue weighted by Crippen LogP contribution is 2.20. The normalized spacial score (nSPS) is 25.7. The maximum absolute atomic E-state index is 11.8. The lowest BCUT2D eigenvalue weighted by Crippen LogP contribution is -2.62. The van der Waals surface area contributed by atoms with Gasteiger partial charge in [0.15, 0.2) is 0 Å². The second kappa shape index (κ2) is 5.70. The van der Waals surface area contributed by atoms with Crippen LogP contribution in [0.4, 0.5) is 4.79 Å². The van der Waals surface area contributed by atoms with Crippen LogP contribution in [-0.2, 0) is 4.74 Å². The number of carbonyl (C=O) groups excluding carboxylic acids is 1. The first-order valence-corrected chi connectivity index (χ1v) is 7.91. The van der Waals surface area contributed by atoms with Crippen molar-refractivity contribution in [1.29, 1.82) is 0 Å². The van der Waals surface area contributed by atoms with Gasteiger partial charge in [0.25, 0.3) is 0 Å². The quantitative estimate of drug-likeness (QED) is 0.836. The van der Waals surface area contributed by atoms with Gasteiger partial charge < -0.3 is 15.0 Å². The number of carbonyl (C=O) groups is 1. The molecule has 2 aliphatic rings. The molecular formula is C13H24N2O2S. The van der Waals surface area contributed by atoms with Crippen LogP contribution in [0.25, 0.3) is 0 Å². The molecule has 4 nitrogen and oxygen atoms in total. The monoisotopic (exact) mass is 272 g/mol. The van der Waals surface area contributed by atoms with Crippen molar-refractivity contribution in [3.05, 3.63) is 0 Å². The highest BCUT2D eigenvalue weighted by atomic mass is 32.2. The molecule has 2 saturated heterocycles. The van der Waals surface area contributed by atoms with Crippen LogP contribution < -0.4 is 5.32 Å². The maximum Gasteiger partial charge on any atom is 0.410 e. The molecule has 1 atom stereocenters. The predicted molar refractivity (Wildman–Crippen MR) is 75.1 cm³/mol. The van der Waals surface area contributed by atoms with Crippen molar-refractivity contribution in [1.82, 2.24) is 10.2 Å². The molecule has 0 aliphatic carbocycles. The van der Waals surface area contributed by atoms with Crippen molar-refractivity contribution in [2.24, 2.45) is 0 Å². The summed E-state index contributed by atoms with van der Waals surface area (Å²) in [6.45, 7) is 7.28. The van der Waals surface area contributed by atoms with E-state index in [0.29, 0.717) is 12.1 Å². The summed E-state index contributed by atoms with van der Waals surface area (Å²) >= 11 is 2.03. The van der Waals surface area contributed by atoms with Crippen molar-refractivity contribution in [3.63, 3.8) is 0 Å². The minimum absolute atomic E-state index is 0.182. The van der Waals surface area contributed by atoms with Crippen LogP contribution in [0, 0.1) is 0 Å². The number of likely N-dealkylation sites (tertiary alicyclic amines) is 1. The van der Waals surface area contributed by atoms with E-state index in [1.165, 1.54) is 24.3 Å². The van der Waals surface area contributed by atoms with Crippen LogP contribution in [0.2, 0.25) is 0 Å². The molecule has 2 rings (SSSR count). The van der Waals surface area contributed by atoms with Gasteiger partial charge in [-0.3, -0.25) is 0 Å². The van der Waals surface area contributed by atoms with Crippen molar-refractivity contribution in [2.45, 2.75) is 51.3 Å². The lowest BCUT2D eigenvalue weighted by atomic mass is 10.1. The SMILES string of the molecule is CC(C)(C)OC(=O)N1CC(NC2CCCSC2)C1. The summed E-state index contributed by atoms with van der Waals surface area (Å²) < 4.78 is 5.34. The van der Waals surface area contributed by atoms with E-state index in [2.05, 4.69) is 5.32 Å². The van der Waals surface area contributed by atoms with Crippen molar-refractivity contribution >= 4 is 17.9 Å². The zero-order valence-electron chi connectivity index (χ0n) is 11.6.